The van der Waals surface area contributed by atoms with Crippen LogP contribution in [0.15, 0.2) is 24.3 Å². The van der Waals surface area contributed by atoms with Crippen molar-refractivity contribution in [3.05, 3.63) is 29.8 Å². The summed E-state index contributed by atoms with van der Waals surface area (Å²) in [5.41, 5.74) is 0.985. The third-order valence-electron chi connectivity index (χ3n) is 1.98. The molecule has 0 saturated heterocycles. The van der Waals surface area contributed by atoms with Gasteiger partial charge in [0.15, 0.2) is 5.11 Å². The van der Waals surface area contributed by atoms with Gasteiger partial charge in [0, 0.05) is 19.3 Å². The van der Waals surface area contributed by atoms with E-state index in [9.17, 15) is 4.79 Å². The Kier molecular flexibility index (Phi) is 5.38. The van der Waals surface area contributed by atoms with Crippen molar-refractivity contribution in [2.45, 2.75) is 0 Å². The molecule has 0 radical (unpaired) electrons. The lowest BCUT2D eigenvalue weighted by atomic mass is 10.2. The van der Waals surface area contributed by atoms with Gasteiger partial charge in [-0.2, -0.15) is 0 Å². The summed E-state index contributed by atoms with van der Waals surface area (Å²) in [6.07, 6.45) is 0. The Labute approximate surface area is 105 Å². The minimum Gasteiger partial charge on any atom is -0.478 e. The quantitative estimate of drug-likeness (QED) is 0.544. The van der Waals surface area contributed by atoms with E-state index in [-0.39, 0.29) is 5.56 Å². The van der Waals surface area contributed by atoms with E-state index < -0.39 is 5.97 Å². The highest BCUT2D eigenvalue weighted by atomic mass is 32.1. The number of hydrogen-bond acceptors (Lipinski definition) is 3. The zero-order valence-electron chi connectivity index (χ0n) is 9.40. The van der Waals surface area contributed by atoms with Gasteiger partial charge in [0.25, 0.3) is 0 Å². The van der Waals surface area contributed by atoms with Crippen molar-refractivity contribution in [1.82, 2.24) is 5.32 Å². The second-order valence-corrected chi connectivity index (χ2v) is 3.66. The molecule has 92 valence electrons. The van der Waals surface area contributed by atoms with Crippen LogP contribution in [0.4, 0.5) is 5.69 Å². The van der Waals surface area contributed by atoms with Crippen molar-refractivity contribution in [1.29, 1.82) is 0 Å². The lowest BCUT2D eigenvalue weighted by Gasteiger charge is -2.10. The van der Waals surface area contributed by atoms with Gasteiger partial charge < -0.3 is 20.5 Å². The van der Waals surface area contributed by atoms with Crippen LogP contribution in [0, 0.1) is 0 Å². The lowest BCUT2D eigenvalue weighted by Crippen LogP contribution is -2.31. The molecule has 0 aliphatic heterocycles. The van der Waals surface area contributed by atoms with Crippen molar-refractivity contribution in [2.75, 3.05) is 25.6 Å². The van der Waals surface area contributed by atoms with E-state index in [0.29, 0.717) is 18.3 Å². The van der Waals surface area contributed by atoms with Crippen LogP contribution in [0.5, 0.6) is 0 Å². The predicted octanol–water partition coefficient (Wildman–Crippen LogP) is 1.32. The van der Waals surface area contributed by atoms with E-state index in [1.54, 1.807) is 19.2 Å². The van der Waals surface area contributed by atoms with E-state index in [2.05, 4.69) is 10.6 Å². The van der Waals surface area contributed by atoms with Crippen LogP contribution in [-0.2, 0) is 4.74 Å². The summed E-state index contributed by atoms with van der Waals surface area (Å²) in [6.45, 7) is 1.19. The van der Waals surface area contributed by atoms with Gasteiger partial charge in [-0.05, 0) is 36.5 Å². The number of carboxylic acids is 1. The molecule has 1 aromatic carbocycles. The Hall–Kier alpha value is -1.66. The summed E-state index contributed by atoms with van der Waals surface area (Å²) in [4.78, 5) is 10.6. The number of thiocarbonyl (C=S) groups is 1. The average Bonchev–Trinajstić information content (AvgIpc) is 2.30. The molecule has 5 nitrogen and oxygen atoms in total. The molecule has 0 unspecified atom stereocenters. The molecule has 1 aromatic rings. The molecule has 0 aliphatic carbocycles. The van der Waals surface area contributed by atoms with E-state index in [0.717, 1.165) is 5.69 Å². The number of aromatic carboxylic acids is 1. The topological polar surface area (TPSA) is 70.6 Å². The first-order chi connectivity index (χ1) is 8.13. The largest absolute Gasteiger partial charge is 0.478 e. The van der Waals surface area contributed by atoms with Crippen LogP contribution >= 0.6 is 12.2 Å². The van der Waals surface area contributed by atoms with Gasteiger partial charge in [-0.15, -0.1) is 0 Å². The van der Waals surface area contributed by atoms with Crippen LogP contribution in [0.2, 0.25) is 0 Å². The number of carboxylic acid groups (broad SMARTS) is 1. The molecule has 0 amide bonds. The molecule has 17 heavy (non-hydrogen) atoms. The number of benzene rings is 1. The van der Waals surface area contributed by atoms with Crippen molar-refractivity contribution < 1.29 is 14.6 Å². The number of nitrogens with one attached hydrogen (secondary N) is 2. The second kappa shape index (κ2) is 6.82. The number of ether oxygens (including phenoxy) is 1. The SMILES string of the molecule is COCCNC(=S)Nc1ccc(C(=O)O)cc1. The number of rotatable bonds is 5. The summed E-state index contributed by atoms with van der Waals surface area (Å²) in [7, 11) is 1.61. The summed E-state index contributed by atoms with van der Waals surface area (Å²) in [6, 6.07) is 6.35. The molecule has 0 spiro atoms. The van der Waals surface area contributed by atoms with Crippen molar-refractivity contribution in [3.8, 4) is 0 Å². The maximum Gasteiger partial charge on any atom is 0.335 e. The van der Waals surface area contributed by atoms with Gasteiger partial charge in [0.1, 0.15) is 0 Å². The minimum absolute atomic E-state index is 0.244. The molecule has 0 fully saturated rings. The van der Waals surface area contributed by atoms with Crippen molar-refractivity contribution in [3.63, 3.8) is 0 Å². The van der Waals surface area contributed by atoms with Gasteiger partial charge in [-0.1, -0.05) is 0 Å². The monoisotopic (exact) mass is 254 g/mol. The third-order valence-corrected chi connectivity index (χ3v) is 2.23. The molecule has 0 heterocycles. The maximum absolute atomic E-state index is 10.6. The molecule has 1 rings (SSSR count). The summed E-state index contributed by atoms with van der Waals surface area (Å²) in [5, 5.41) is 15.1. The molecule has 0 atom stereocenters. The Bertz CT molecular complexity index is 392. The lowest BCUT2D eigenvalue weighted by molar-refractivity contribution is 0.0697. The van der Waals surface area contributed by atoms with Crippen LogP contribution < -0.4 is 10.6 Å². The average molecular weight is 254 g/mol. The third kappa shape index (κ3) is 4.80. The Balaban J connectivity index is 2.46. The van der Waals surface area contributed by atoms with Crippen LogP contribution in [0.3, 0.4) is 0 Å². The Morgan fingerprint density at radius 3 is 2.59 bits per heavy atom. The van der Waals surface area contributed by atoms with Crippen LogP contribution in [-0.4, -0.2) is 36.4 Å². The fourth-order valence-corrected chi connectivity index (χ4v) is 1.36. The fourth-order valence-electron chi connectivity index (χ4n) is 1.14. The second-order valence-electron chi connectivity index (χ2n) is 3.26. The van der Waals surface area contributed by atoms with Crippen LogP contribution in [0.1, 0.15) is 10.4 Å². The highest BCUT2D eigenvalue weighted by molar-refractivity contribution is 7.80. The number of anilines is 1. The van der Waals surface area contributed by atoms with Gasteiger partial charge in [-0.3, -0.25) is 0 Å². The summed E-state index contributed by atoms with van der Waals surface area (Å²) < 4.78 is 4.87. The fraction of sp³-hybridized carbons (Fsp3) is 0.273. The molecule has 0 aliphatic rings. The number of methoxy groups -OCH3 is 1. The molecule has 0 aromatic heterocycles. The van der Waals surface area contributed by atoms with E-state index in [1.165, 1.54) is 12.1 Å². The zero-order valence-corrected chi connectivity index (χ0v) is 10.2. The molecule has 3 N–H and O–H groups in total. The summed E-state index contributed by atoms with van der Waals surface area (Å²) >= 11 is 5.04. The van der Waals surface area contributed by atoms with E-state index >= 15 is 0 Å². The molecular formula is C11H14N2O3S. The highest BCUT2D eigenvalue weighted by Crippen LogP contribution is 2.09. The minimum atomic E-state index is -0.947. The molecule has 0 bridgehead atoms. The van der Waals surface area contributed by atoms with Crippen LogP contribution in [0.25, 0.3) is 0 Å². The standard InChI is InChI=1S/C11H14N2O3S/c1-16-7-6-12-11(17)13-9-4-2-8(3-5-9)10(14)15/h2-5H,6-7H2,1H3,(H,14,15)(H2,12,13,17). The predicted molar refractivity (Wildman–Crippen MR) is 69.5 cm³/mol. The first-order valence-corrected chi connectivity index (χ1v) is 5.41. The first-order valence-electron chi connectivity index (χ1n) is 5.00. The van der Waals surface area contributed by atoms with E-state index in [1.807, 2.05) is 0 Å². The highest BCUT2D eigenvalue weighted by Gasteiger charge is 2.02. The molecule has 6 heteroatoms. The first kappa shape index (κ1) is 13.4. The Morgan fingerprint density at radius 2 is 2.06 bits per heavy atom. The van der Waals surface area contributed by atoms with Gasteiger partial charge in [0.2, 0.25) is 0 Å². The Morgan fingerprint density at radius 1 is 1.41 bits per heavy atom. The van der Waals surface area contributed by atoms with Gasteiger partial charge >= 0.3 is 5.97 Å². The summed E-state index contributed by atoms with van der Waals surface area (Å²) in [5.74, 6) is -0.947. The van der Waals surface area contributed by atoms with Crippen molar-refractivity contribution in [2.24, 2.45) is 0 Å². The number of carbonyl (C=O) groups is 1. The smallest absolute Gasteiger partial charge is 0.335 e. The van der Waals surface area contributed by atoms with Gasteiger partial charge in [-0.25, -0.2) is 4.79 Å². The zero-order chi connectivity index (χ0) is 12.7. The van der Waals surface area contributed by atoms with E-state index in [4.69, 9.17) is 22.1 Å². The normalized spacial score (nSPS) is 9.71. The maximum atomic E-state index is 10.6. The molecular weight excluding hydrogens is 240 g/mol. The van der Waals surface area contributed by atoms with Crippen molar-refractivity contribution >= 4 is 29.0 Å². The number of hydrogen-bond donors (Lipinski definition) is 3. The molecule has 0 saturated carbocycles. The van der Waals surface area contributed by atoms with Gasteiger partial charge in [0.05, 0.1) is 12.2 Å².